The summed E-state index contributed by atoms with van der Waals surface area (Å²) in [6.07, 6.45) is 5.89. The molecule has 0 bridgehead atoms. The van der Waals surface area contributed by atoms with Crippen LogP contribution in [0, 0.1) is 0 Å². The van der Waals surface area contributed by atoms with Crippen LogP contribution in [0.3, 0.4) is 0 Å². The van der Waals surface area contributed by atoms with Crippen molar-refractivity contribution in [3.8, 4) is 0 Å². The zero-order valence-corrected chi connectivity index (χ0v) is 7.92. The average Bonchev–Trinajstić information content (AvgIpc) is 2.06. The van der Waals surface area contributed by atoms with E-state index in [2.05, 4.69) is 17.0 Å². The fraction of sp³-hybridized carbons (Fsp3) is 0.889. The molecular weight excluding hydrogens is 150 g/mol. The van der Waals surface area contributed by atoms with Crippen molar-refractivity contribution in [2.75, 3.05) is 13.1 Å². The molecule has 1 aliphatic rings. The molecule has 1 rings (SSSR count). The Balaban J connectivity index is 2.31. The van der Waals surface area contributed by atoms with Crippen LogP contribution < -0.4 is 5.73 Å². The second kappa shape index (κ2) is 5.01. The van der Waals surface area contributed by atoms with E-state index in [9.17, 15) is 0 Å². The smallest absolute Gasteiger partial charge is 0.119 e. The predicted molar refractivity (Wildman–Crippen MR) is 52.0 cm³/mol. The summed E-state index contributed by atoms with van der Waals surface area (Å²) in [5.41, 5.74) is 5.72. The maximum Gasteiger partial charge on any atom is 0.119 e. The standard InChI is InChI=1S/C9H19N3/c1-2-6-9(10)11-12-7-4-3-5-8-12/h2-8H2,1H3,(H2,10,11). The Bertz CT molecular complexity index is 148. The maximum absolute atomic E-state index is 5.72. The Hall–Kier alpha value is -0.730. The number of amidine groups is 1. The highest BCUT2D eigenvalue weighted by Crippen LogP contribution is 2.08. The minimum Gasteiger partial charge on any atom is -0.386 e. The van der Waals surface area contributed by atoms with Gasteiger partial charge < -0.3 is 5.73 Å². The fourth-order valence-corrected chi connectivity index (χ4v) is 1.47. The SMILES string of the molecule is CCC/C(N)=N/N1CCCCC1. The number of piperidine rings is 1. The first-order valence-electron chi connectivity index (χ1n) is 4.91. The molecule has 0 amide bonds. The summed E-state index contributed by atoms with van der Waals surface area (Å²) in [6, 6.07) is 0. The molecule has 0 aromatic heterocycles. The lowest BCUT2D eigenvalue weighted by Crippen LogP contribution is -2.28. The number of hydrazone groups is 1. The molecule has 0 aliphatic carbocycles. The van der Waals surface area contributed by atoms with Gasteiger partial charge in [0.15, 0.2) is 0 Å². The largest absolute Gasteiger partial charge is 0.386 e. The molecule has 0 spiro atoms. The minimum absolute atomic E-state index is 0.791. The van der Waals surface area contributed by atoms with Crippen LogP contribution in [0.1, 0.15) is 39.0 Å². The zero-order valence-electron chi connectivity index (χ0n) is 7.92. The van der Waals surface area contributed by atoms with Gasteiger partial charge in [-0.25, -0.2) is 0 Å². The summed E-state index contributed by atoms with van der Waals surface area (Å²) >= 11 is 0. The van der Waals surface area contributed by atoms with E-state index in [1.807, 2.05) is 0 Å². The Morgan fingerprint density at radius 2 is 2.00 bits per heavy atom. The first-order valence-corrected chi connectivity index (χ1v) is 4.91. The first kappa shape index (κ1) is 9.36. The van der Waals surface area contributed by atoms with Crippen LogP contribution in [0.15, 0.2) is 5.10 Å². The van der Waals surface area contributed by atoms with Crippen molar-refractivity contribution in [2.45, 2.75) is 39.0 Å². The van der Waals surface area contributed by atoms with Crippen LogP contribution in [0.4, 0.5) is 0 Å². The second-order valence-corrected chi connectivity index (χ2v) is 3.36. The minimum atomic E-state index is 0.791. The predicted octanol–water partition coefficient (Wildman–Crippen LogP) is 1.54. The number of nitrogens with two attached hydrogens (primary N) is 1. The lowest BCUT2D eigenvalue weighted by atomic mass is 10.2. The summed E-state index contributed by atoms with van der Waals surface area (Å²) in [5, 5.41) is 6.46. The Kier molecular flexibility index (Phi) is 3.91. The molecule has 0 saturated carbocycles. The Morgan fingerprint density at radius 1 is 1.33 bits per heavy atom. The van der Waals surface area contributed by atoms with E-state index in [1.54, 1.807) is 0 Å². The summed E-state index contributed by atoms with van der Waals surface area (Å²) < 4.78 is 0. The third-order valence-electron chi connectivity index (χ3n) is 2.11. The Labute approximate surface area is 74.6 Å². The summed E-state index contributed by atoms with van der Waals surface area (Å²) in [5.74, 6) is 0.791. The Morgan fingerprint density at radius 3 is 2.58 bits per heavy atom. The van der Waals surface area contributed by atoms with Crippen LogP contribution >= 0.6 is 0 Å². The monoisotopic (exact) mass is 169 g/mol. The highest BCUT2D eigenvalue weighted by Gasteiger charge is 2.07. The van der Waals surface area contributed by atoms with Crippen molar-refractivity contribution in [1.82, 2.24) is 5.01 Å². The first-order chi connectivity index (χ1) is 5.83. The van der Waals surface area contributed by atoms with Crippen LogP contribution in [0.2, 0.25) is 0 Å². The van der Waals surface area contributed by atoms with Gasteiger partial charge in [0.25, 0.3) is 0 Å². The molecule has 0 atom stereocenters. The second-order valence-electron chi connectivity index (χ2n) is 3.36. The number of hydrogen-bond acceptors (Lipinski definition) is 2. The van der Waals surface area contributed by atoms with Gasteiger partial charge in [-0.2, -0.15) is 5.10 Å². The van der Waals surface area contributed by atoms with Crippen LogP contribution in [0.5, 0.6) is 0 Å². The van der Waals surface area contributed by atoms with Gasteiger partial charge in [-0.05, 0) is 25.7 Å². The van der Waals surface area contributed by atoms with E-state index < -0.39 is 0 Å². The third kappa shape index (κ3) is 3.11. The highest BCUT2D eigenvalue weighted by molar-refractivity contribution is 5.79. The number of hydrogen-bond donors (Lipinski definition) is 1. The summed E-state index contributed by atoms with van der Waals surface area (Å²) in [7, 11) is 0. The van der Waals surface area contributed by atoms with E-state index in [-0.39, 0.29) is 0 Å². The molecule has 0 unspecified atom stereocenters. The van der Waals surface area contributed by atoms with Crippen molar-refractivity contribution < 1.29 is 0 Å². The molecule has 1 fully saturated rings. The van der Waals surface area contributed by atoms with E-state index in [1.165, 1.54) is 19.3 Å². The van der Waals surface area contributed by atoms with E-state index >= 15 is 0 Å². The van der Waals surface area contributed by atoms with Gasteiger partial charge in [-0.15, -0.1) is 0 Å². The van der Waals surface area contributed by atoms with Gasteiger partial charge in [-0.3, -0.25) is 5.01 Å². The van der Waals surface area contributed by atoms with E-state index in [4.69, 9.17) is 5.73 Å². The lowest BCUT2D eigenvalue weighted by Gasteiger charge is -2.23. The van der Waals surface area contributed by atoms with Crippen molar-refractivity contribution >= 4 is 5.84 Å². The summed E-state index contributed by atoms with van der Waals surface area (Å²) in [4.78, 5) is 0. The molecule has 1 saturated heterocycles. The molecule has 3 nitrogen and oxygen atoms in total. The van der Waals surface area contributed by atoms with Gasteiger partial charge in [-0.1, -0.05) is 6.92 Å². The molecule has 2 N–H and O–H groups in total. The van der Waals surface area contributed by atoms with Gasteiger partial charge in [0.05, 0.1) is 0 Å². The van der Waals surface area contributed by atoms with E-state index in [0.29, 0.717) is 0 Å². The van der Waals surface area contributed by atoms with Crippen LogP contribution in [-0.2, 0) is 0 Å². The van der Waals surface area contributed by atoms with Crippen molar-refractivity contribution in [2.24, 2.45) is 10.8 Å². The van der Waals surface area contributed by atoms with Gasteiger partial charge in [0.2, 0.25) is 0 Å². The third-order valence-corrected chi connectivity index (χ3v) is 2.11. The normalized spacial score (nSPS) is 19.8. The molecular formula is C9H19N3. The molecule has 12 heavy (non-hydrogen) atoms. The molecule has 0 aromatic carbocycles. The van der Waals surface area contributed by atoms with E-state index in [0.717, 1.165) is 31.8 Å². The average molecular weight is 169 g/mol. The molecule has 1 aliphatic heterocycles. The number of nitrogens with zero attached hydrogens (tertiary/aromatic N) is 2. The van der Waals surface area contributed by atoms with Crippen LogP contribution in [0.25, 0.3) is 0 Å². The summed E-state index contributed by atoms with van der Waals surface area (Å²) in [6.45, 7) is 4.30. The quantitative estimate of drug-likeness (QED) is 0.514. The topological polar surface area (TPSA) is 41.6 Å². The van der Waals surface area contributed by atoms with Gasteiger partial charge in [0, 0.05) is 19.5 Å². The van der Waals surface area contributed by atoms with Crippen molar-refractivity contribution in [1.29, 1.82) is 0 Å². The molecule has 1 heterocycles. The molecule has 3 heteroatoms. The maximum atomic E-state index is 5.72. The van der Waals surface area contributed by atoms with Crippen molar-refractivity contribution in [3.05, 3.63) is 0 Å². The fourth-order valence-electron chi connectivity index (χ4n) is 1.47. The lowest BCUT2D eigenvalue weighted by molar-refractivity contribution is 0.238. The van der Waals surface area contributed by atoms with Gasteiger partial charge in [0.1, 0.15) is 5.84 Å². The van der Waals surface area contributed by atoms with Gasteiger partial charge >= 0.3 is 0 Å². The highest BCUT2D eigenvalue weighted by atomic mass is 15.5. The molecule has 70 valence electrons. The van der Waals surface area contributed by atoms with Crippen molar-refractivity contribution in [3.63, 3.8) is 0 Å². The molecule has 0 radical (unpaired) electrons. The number of rotatable bonds is 3. The molecule has 0 aromatic rings. The zero-order chi connectivity index (χ0) is 8.81. The van der Waals surface area contributed by atoms with Crippen LogP contribution in [-0.4, -0.2) is 23.9 Å².